The Kier molecular flexibility index (Phi) is 3.52. The van der Waals surface area contributed by atoms with Gasteiger partial charge in [-0.3, -0.25) is 9.59 Å². The van der Waals surface area contributed by atoms with Crippen LogP contribution in [0.2, 0.25) is 0 Å². The van der Waals surface area contributed by atoms with Gasteiger partial charge in [-0.05, 0) is 27.7 Å². The van der Waals surface area contributed by atoms with Crippen molar-refractivity contribution in [2.45, 2.75) is 33.2 Å². The maximum atomic E-state index is 12.4. The zero-order valence-corrected chi connectivity index (χ0v) is 11.4. The van der Waals surface area contributed by atoms with Crippen molar-refractivity contribution in [2.75, 3.05) is 26.7 Å². The summed E-state index contributed by atoms with van der Waals surface area (Å²) in [6.07, 6.45) is 0. The van der Waals surface area contributed by atoms with Crippen LogP contribution in [0.25, 0.3) is 0 Å². The minimum absolute atomic E-state index is 0.0183. The Labute approximate surface area is 103 Å². The van der Waals surface area contributed by atoms with E-state index in [0.717, 1.165) is 0 Å². The van der Waals surface area contributed by atoms with Crippen LogP contribution in [0.4, 0.5) is 0 Å². The molecule has 0 unspecified atom stereocenters. The number of rotatable bonds is 2. The quantitative estimate of drug-likeness (QED) is 0.743. The summed E-state index contributed by atoms with van der Waals surface area (Å²) in [6, 6.07) is 0. The first-order chi connectivity index (χ1) is 7.57. The molecule has 0 atom stereocenters. The average Bonchev–Trinajstić information content (AvgIpc) is 2.19. The van der Waals surface area contributed by atoms with Crippen molar-refractivity contribution in [3.05, 3.63) is 0 Å². The van der Waals surface area contributed by atoms with E-state index in [1.165, 1.54) is 0 Å². The molecule has 5 heteroatoms. The van der Waals surface area contributed by atoms with Gasteiger partial charge in [-0.2, -0.15) is 0 Å². The second-order valence-electron chi connectivity index (χ2n) is 5.89. The van der Waals surface area contributed by atoms with E-state index in [2.05, 4.69) is 0 Å². The summed E-state index contributed by atoms with van der Waals surface area (Å²) >= 11 is 0. The van der Waals surface area contributed by atoms with Crippen molar-refractivity contribution in [3.8, 4) is 0 Å². The highest BCUT2D eigenvalue weighted by atomic mass is 16.2. The van der Waals surface area contributed by atoms with Gasteiger partial charge in [-0.25, -0.2) is 0 Å². The van der Waals surface area contributed by atoms with Gasteiger partial charge in [0.25, 0.3) is 0 Å². The van der Waals surface area contributed by atoms with Crippen LogP contribution >= 0.6 is 0 Å². The van der Waals surface area contributed by atoms with Crippen LogP contribution in [0.3, 0.4) is 0 Å². The maximum absolute atomic E-state index is 12.4. The number of nitrogens with two attached hydrogens (primary N) is 1. The van der Waals surface area contributed by atoms with Crippen LogP contribution in [0.1, 0.15) is 27.7 Å². The maximum Gasteiger partial charge on any atom is 0.241 e. The van der Waals surface area contributed by atoms with Crippen molar-refractivity contribution >= 4 is 11.8 Å². The third-order valence-corrected chi connectivity index (χ3v) is 3.89. The minimum Gasteiger partial charge on any atom is -0.342 e. The zero-order chi connectivity index (χ0) is 13.4. The molecule has 1 heterocycles. The molecule has 0 aromatic heterocycles. The number of piperazine rings is 1. The zero-order valence-electron chi connectivity index (χ0n) is 11.4. The molecule has 98 valence electrons. The van der Waals surface area contributed by atoms with E-state index in [4.69, 9.17) is 5.73 Å². The number of hydrogen-bond acceptors (Lipinski definition) is 3. The van der Waals surface area contributed by atoms with Gasteiger partial charge in [-0.15, -0.1) is 0 Å². The second-order valence-corrected chi connectivity index (χ2v) is 5.89. The highest BCUT2D eigenvalue weighted by Crippen LogP contribution is 2.30. The number of carbonyl (C=O) groups is 2. The van der Waals surface area contributed by atoms with Crippen LogP contribution in [0.15, 0.2) is 0 Å². The normalized spacial score (nSPS) is 18.6. The monoisotopic (exact) mass is 241 g/mol. The van der Waals surface area contributed by atoms with E-state index in [1.807, 2.05) is 27.7 Å². The van der Waals surface area contributed by atoms with Crippen LogP contribution < -0.4 is 5.73 Å². The predicted octanol–water partition coefficient (Wildman–Crippen LogP) is 0.0505. The van der Waals surface area contributed by atoms with Gasteiger partial charge >= 0.3 is 0 Å². The molecule has 1 aliphatic rings. The third-order valence-electron chi connectivity index (χ3n) is 3.89. The fraction of sp³-hybridized carbons (Fsp3) is 0.833. The van der Waals surface area contributed by atoms with E-state index >= 15 is 0 Å². The standard InChI is InChI=1S/C12H23N3O2/c1-11(2,12(3,4)13)10(17)15-7-6-14(5)9(16)8-15/h6-8,13H2,1-5H3. The fourth-order valence-corrected chi connectivity index (χ4v) is 1.60. The molecule has 0 aromatic carbocycles. The summed E-state index contributed by atoms with van der Waals surface area (Å²) in [5.74, 6) is -0.0679. The van der Waals surface area contributed by atoms with E-state index in [-0.39, 0.29) is 18.4 Å². The molecule has 1 aliphatic heterocycles. The third kappa shape index (κ3) is 2.60. The molecule has 5 nitrogen and oxygen atoms in total. The lowest BCUT2D eigenvalue weighted by Gasteiger charge is -2.42. The van der Waals surface area contributed by atoms with E-state index in [1.54, 1.807) is 16.8 Å². The summed E-state index contributed by atoms with van der Waals surface area (Å²) < 4.78 is 0. The Hall–Kier alpha value is -1.10. The summed E-state index contributed by atoms with van der Waals surface area (Å²) in [5, 5.41) is 0. The van der Waals surface area contributed by atoms with Crippen molar-refractivity contribution in [1.82, 2.24) is 9.80 Å². The first-order valence-corrected chi connectivity index (χ1v) is 5.89. The van der Waals surface area contributed by atoms with Gasteiger partial charge in [0.1, 0.15) is 0 Å². The van der Waals surface area contributed by atoms with Crippen LogP contribution in [-0.2, 0) is 9.59 Å². The second kappa shape index (κ2) is 4.29. The number of carbonyl (C=O) groups excluding carboxylic acids is 2. The van der Waals surface area contributed by atoms with Gasteiger partial charge in [0.2, 0.25) is 11.8 Å². The SMILES string of the molecule is CN1CCN(C(=O)C(C)(C)C(C)(C)N)CC1=O. The van der Waals surface area contributed by atoms with Crippen molar-refractivity contribution in [1.29, 1.82) is 0 Å². The molecule has 2 amide bonds. The predicted molar refractivity (Wildman–Crippen MR) is 66.3 cm³/mol. The van der Waals surface area contributed by atoms with Crippen molar-refractivity contribution in [2.24, 2.45) is 11.1 Å². The van der Waals surface area contributed by atoms with Crippen LogP contribution in [0, 0.1) is 5.41 Å². The van der Waals surface area contributed by atoms with E-state index in [0.29, 0.717) is 13.1 Å². The molecule has 2 N–H and O–H groups in total. The molecule has 0 spiro atoms. The minimum atomic E-state index is -0.677. The Morgan fingerprint density at radius 3 is 2.18 bits per heavy atom. The van der Waals surface area contributed by atoms with Crippen LogP contribution in [0.5, 0.6) is 0 Å². The smallest absolute Gasteiger partial charge is 0.241 e. The molecule has 1 rings (SSSR count). The first kappa shape index (κ1) is 14.0. The van der Waals surface area contributed by atoms with Crippen LogP contribution in [-0.4, -0.2) is 53.8 Å². The van der Waals surface area contributed by atoms with Gasteiger partial charge in [-0.1, -0.05) is 0 Å². The molecule has 0 saturated carbocycles. The lowest BCUT2D eigenvalue weighted by Crippen LogP contribution is -2.60. The van der Waals surface area contributed by atoms with Gasteiger partial charge in [0.15, 0.2) is 0 Å². The Morgan fingerprint density at radius 1 is 1.24 bits per heavy atom. The molecular weight excluding hydrogens is 218 g/mol. The fourth-order valence-electron chi connectivity index (χ4n) is 1.60. The summed E-state index contributed by atoms with van der Waals surface area (Å²) in [4.78, 5) is 27.2. The van der Waals surface area contributed by atoms with Crippen molar-refractivity contribution in [3.63, 3.8) is 0 Å². The molecule has 0 aliphatic carbocycles. The van der Waals surface area contributed by atoms with E-state index in [9.17, 15) is 9.59 Å². The van der Waals surface area contributed by atoms with Gasteiger partial charge in [0.05, 0.1) is 12.0 Å². The highest BCUT2D eigenvalue weighted by Gasteiger charge is 2.43. The summed E-state index contributed by atoms with van der Waals surface area (Å²) in [5.41, 5.74) is 4.75. The number of likely N-dealkylation sites (N-methyl/N-ethyl adjacent to an activating group) is 1. The topological polar surface area (TPSA) is 66.6 Å². The number of hydrogen-bond donors (Lipinski definition) is 1. The largest absolute Gasteiger partial charge is 0.342 e. The Balaban J connectivity index is 2.81. The van der Waals surface area contributed by atoms with Gasteiger partial charge < -0.3 is 15.5 Å². The summed E-state index contributed by atoms with van der Waals surface area (Å²) in [7, 11) is 1.75. The number of nitrogens with zero attached hydrogens (tertiary/aromatic N) is 2. The lowest BCUT2D eigenvalue weighted by molar-refractivity contribution is -0.151. The molecule has 1 saturated heterocycles. The van der Waals surface area contributed by atoms with E-state index < -0.39 is 11.0 Å². The van der Waals surface area contributed by atoms with Crippen molar-refractivity contribution < 1.29 is 9.59 Å². The summed E-state index contributed by atoms with van der Waals surface area (Å²) in [6.45, 7) is 8.67. The molecule has 1 fully saturated rings. The highest BCUT2D eigenvalue weighted by molar-refractivity contribution is 5.89. The molecule has 0 bridgehead atoms. The van der Waals surface area contributed by atoms with Gasteiger partial charge in [0, 0.05) is 25.7 Å². The first-order valence-electron chi connectivity index (χ1n) is 5.89. The molecule has 0 aromatic rings. The number of amides is 2. The average molecular weight is 241 g/mol. The molecule has 17 heavy (non-hydrogen) atoms. The Morgan fingerprint density at radius 2 is 1.76 bits per heavy atom. The lowest BCUT2D eigenvalue weighted by atomic mass is 9.74. The Bertz CT molecular complexity index is 331. The molecule has 0 radical (unpaired) electrons. The molecular formula is C12H23N3O2.